The van der Waals surface area contributed by atoms with Crippen LogP contribution in [0.5, 0.6) is 0 Å². The molecule has 0 aromatic rings. The zero-order valence-corrected chi connectivity index (χ0v) is 11.2. The van der Waals surface area contributed by atoms with E-state index in [9.17, 15) is 8.42 Å². The van der Waals surface area contributed by atoms with Crippen LogP contribution in [0.25, 0.3) is 0 Å². The Balaban J connectivity index is -0.000000143. The maximum Gasteiger partial charge on any atom is 2.00 e. The van der Waals surface area contributed by atoms with Crippen molar-refractivity contribution >= 4 is 78.2 Å². The minimum absolute atomic E-state index is 0. The molecule has 0 radical (unpaired) electrons. The molecule has 0 aromatic carbocycles. The maximum atomic E-state index is 9.26. The Hall–Kier alpha value is 1.70. The van der Waals surface area contributed by atoms with Gasteiger partial charge in [-0.15, -0.1) is 0 Å². The molecule has 4 atom stereocenters. The first-order valence-electron chi connectivity index (χ1n) is 1.70. The summed E-state index contributed by atoms with van der Waals surface area (Å²) in [4.78, 5) is 0. The fourth-order valence-corrected chi connectivity index (χ4v) is 0. The molecule has 0 amide bonds. The van der Waals surface area contributed by atoms with Crippen molar-refractivity contribution in [1.82, 2.24) is 0 Å². The van der Waals surface area contributed by atoms with Gasteiger partial charge in [-0.05, 0) is 0 Å². The third-order valence-electron chi connectivity index (χ3n) is 0.233. The van der Waals surface area contributed by atoms with E-state index in [1.807, 2.05) is 0 Å². The van der Waals surface area contributed by atoms with Gasteiger partial charge in [0.05, 0.1) is 0 Å². The minimum atomic E-state index is -2.95. The fourth-order valence-electron chi connectivity index (χ4n) is 0. The molecule has 0 aliphatic carbocycles. The monoisotopic (exact) mass is 298 g/mol. The SMILES string of the molecule is O=S(O)S(=O)O.O=S([O-])S(=O)[O-].[Ca+2]. The normalized spacial score (nSPS) is 18.2. The summed E-state index contributed by atoms with van der Waals surface area (Å²) in [7, 11) is -11.1. The van der Waals surface area contributed by atoms with E-state index < -0.39 is 40.4 Å². The zero-order valence-electron chi connectivity index (χ0n) is 5.68. The summed E-state index contributed by atoms with van der Waals surface area (Å²) >= 11 is 0. The van der Waals surface area contributed by atoms with Crippen molar-refractivity contribution in [2.45, 2.75) is 0 Å². The van der Waals surface area contributed by atoms with Gasteiger partial charge in [0, 0.05) is 20.2 Å². The van der Waals surface area contributed by atoms with Crippen LogP contribution in [-0.4, -0.2) is 72.8 Å². The van der Waals surface area contributed by atoms with Crippen molar-refractivity contribution in [3.8, 4) is 0 Å². The van der Waals surface area contributed by atoms with Gasteiger partial charge in [-0.1, -0.05) is 0 Å². The molecule has 0 aromatic heterocycles. The molecule has 0 rings (SSSR count). The molecule has 8 nitrogen and oxygen atoms in total. The summed E-state index contributed by atoms with van der Waals surface area (Å²) in [6, 6.07) is 0. The van der Waals surface area contributed by atoms with E-state index in [2.05, 4.69) is 0 Å². The van der Waals surface area contributed by atoms with Gasteiger partial charge in [0.2, 0.25) is 0 Å². The molecule has 0 fully saturated rings. The molecule has 2 N–H and O–H groups in total. The van der Waals surface area contributed by atoms with Gasteiger partial charge in [-0.25, -0.2) is 8.42 Å². The summed E-state index contributed by atoms with van der Waals surface area (Å²) in [6.07, 6.45) is 0. The van der Waals surface area contributed by atoms with E-state index in [1.54, 1.807) is 0 Å². The third-order valence-corrected chi connectivity index (χ3v) is 2.10. The molecule has 0 spiro atoms. The average molecular weight is 298 g/mol. The van der Waals surface area contributed by atoms with Gasteiger partial charge in [0.15, 0.2) is 0 Å². The van der Waals surface area contributed by atoms with Gasteiger partial charge in [-0.3, -0.25) is 17.5 Å². The van der Waals surface area contributed by atoms with Crippen LogP contribution in [0.15, 0.2) is 0 Å². The number of rotatable bonds is 2. The van der Waals surface area contributed by atoms with Crippen LogP contribution >= 0.6 is 0 Å². The second-order valence-electron chi connectivity index (χ2n) is 0.842. The van der Waals surface area contributed by atoms with Crippen LogP contribution in [0.4, 0.5) is 0 Å². The molecular weight excluding hydrogens is 296 g/mol. The Morgan fingerprint density at radius 1 is 0.769 bits per heavy atom. The topological polar surface area (TPSA) is 155 Å². The second kappa shape index (κ2) is 11.8. The second-order valence-corrected chi connectivity index (χ2v) is 5.87. The van der Waals surface area contributed by atoms with Crippen molar-refractivity contribution in [1.29, 1.82) is 0 Å². The van der Waals surface area contributed by atoms with E-state index >= 15 is 0 Å². The Morgan fingerprint density at radius 2 is 0.923 bits per heavy atom. The summed E-state index contributed by atoms with van der Waals surface area (Å²) in [5.74, 6) is 0. The Bertz CT molecular complexity index is 172. The summed E-state index contributed by atoms with van der Waals surface area (Å²) < 4.78 is 70.0. The fraction of sp³-hybridized carbons (Fsp3) is 0. The zero-order chi connectivity index (χ0) is 10.3. The van der Waals surface area contributed by atoms with E-state index in [4.69, 9.17) is 26.6 Å². The standard InChI is InChI=1S/Ca.2H2O4S2/c;2*1-5(2)6(3)4/h;2*(H,1,2)(H,3,4)/q+2;;/p-2. The van der Waals surface area contributed by atoms with Crippen molar-refractivity contribution in [3.63, 3.8) is 0 Å². The third kappa shape index (κ3) is 19.9. The Kier molecular flexibility index (Phi) is 18.3. The summed E-state index contributed by atoms with van der Waals surface area (Å²) in [5, 5.41) is 0. The van der Waals surface area contributed by atoms with Gasteiger partial charge < -0.3 is 9.11 Å². The first kappa shape index (κ1) is 20.2. The van der Waals surface area contributed by atoms with Crippen molar-refractivity contribution in [2.24, 2.45) is 0 Å². The van der Waals surface area contributed by atoms with E-state index in [1.165, 1.54) is 0 Å². The van der Waals surface area contributed by atoms with Crippen molar-refractivity contribution in [3.05, 3.63) is 0 Å². The summed E-state index contributed by atoms with van der Waals surface area (Å²) in [5.41, 5.74) is 0. The number of hydrogen-bond acceptors (Lipinski definition) is 6. The van der Waals surface area contributed by atoms with Gasteiger partial charge in [-0.2, -0.15) is 0 Å². The van der Waals surface area contributed by atoms with Crippen LogP contribution in [0.3, 0.4) is 0 Å². The molecule has 76 valence electrons. The Morgan fingerprint density at radius 3 is 0.923 bits per heavy atom. The molecule has 4 unspecified atom stereocenters. The minimum Gasteiger partial charge on any atom is -0.763 e. The largest absolute Gasteiger partial charge is 2.00 e. The Labute approximate surface area is 112 Å². The van der Waals surface area contributed by atoms with E-state index in [0.29, 0.717) is 0 Å². The van der Waals surface area contributed by atoms with Crippen LogP contribution in [-0.2, 0) is 40.4 Å². The summed E-state index contributed by atoms with van der Waals surface area (Å²) in [6.45, 7) is 0. The predicted octanol–water partition coefficient (Wildman–Crippen LogP) is -2.38. The molecule has 0 bridgehead atoms. The predicted molar refractivity (Wildman–Crippen MR) is 45.1 cm³/mol. The van der Waals surface area contributed by atoms with Gasteiger partial charge in [0.25, 0.3) is 20.2 Å². The molecule has 0 saturated heterocycles. The molecule has 0 aliphatic heterocycles. The molecule has 0 saturated carbocycles. The van der Waals surface area contributed by atoms with E-state index in [0.717, 1.165) is 0 Å². The maximum absolute atomic E-state index is 9.26. The van der Waals surface area contributed by atoms with Crippen LogP contribution < -0.4 is 0 Å². The smallest absolute Gasteiger partial charge is 0.763 e. The van der Waals surface area contributed by atoms with Gasteiger partial charge in [0.1, 0.15) is 0 Å². The van der Waals surface area contributed by atoms with Crippen LogP contribution in [0.1, 0.15) is 0 Å². The van der Waals surface area contributed by atoms with Gasteiger partial charge >= 0.3 is 37.7 Å². The molecule has 0 aliphatic rings. The first-order valence-corrected chi connectivity index (χ1v) is 7.10. The average Bonchev–Trinajstić information content (AvgIpc) is 1.88. The molecule has 0 heterocycles. The van der Waals surface area contributed by atoms with Crippen molar-refractivity contribution < 1.29 is 35.0 Å². The van der Waals surface area contributed by atoms with Crippen LogP contribution in [0.2, 0.25) is 0 Å². The molecular formula is H2CaO8S4. The quantitative estimate of drug-likeness (QED) is 0.325. The van der Waals surface area contributed by atoms with E-state index in [-0.39, 0.29) is 37.7 Å². The molecule has 13 heteroatoms. The van der Waals surface area contributed by atoms with Crippen molar-refractivity contribution in [2.75, 3.05) is 0 Å². The first-order chi connectivity index (χ1) is 5.29. The molecule has 13 heavy (non-hydrogen) atoms. The number of hydrogen-bond donors (Lipinski definition) is 2. The van der Waals surface area contributed by atoms with Crippen LogP contribution in [0, 0.1) is 0 Å².